The molecule has 0 atom stereocenters. The van der Waals surface area contributed by atoms with E-state index in [0.717, 1.165) is 25.0 Å². The number of nitrogens with two attached hydrogens (primary N) is 1. The topological polar surface area (TPSA) is 64.3 Å². The highest BCUT2D eigenvalue weighted by Crippen LogP contribution is 2.14. The average molecular weight is 236 g/mol. The van der Waals surface area contributed by atoms with Crippen LogP contribution in [0.15, 0.2) is 24.3 Å². The summed E-state index contributed by atoms with van der Waals surface area (Å²) in [5.41, 5.74) is 3.38. The molecule has 94 valence electrons. The van der Waals surface area contributed by atoms with Gasteiger partial charge < -0.3 is 4.74 Å². The fourth-order valence-electron chi connectivity index (χ4n) is 1.50. The van der Waals surface area contributed by atoms with Gasteiger partial charge in [-0.2, -0.15) is 0 Å². The summed E-state index contributed by atoms with van der Waals surface area (Å²) >= 11 is 0. The van der Waals surface area contributed by atoms with Crippen molar-refractivity contribution in [1.82, 2.24) is 5.43 Å². The lowest BCUT2D eigenvalue weighted by molar-refractivity contribution is -0.121. The Labute approximate surface area is 102 Å². The van der Waals surface area contributed by atoms with Crippen LogP contribution in [-0.4, -0.2) is 12.5 Å². The first kappa shape index (κ1) is 13.5. The number of rotatable bonds is 7. The SMILES string of the molecule is CCc1cccc(OCCCCC(=O)NN)c1. The Bertz CT molecular complexity index is 353. The van der Waals surface area contributed by atoms with Crippen LogP contribution >= 0.6 is 0 Å². The Morgan fingerprint density at radius 2 is 2.24 bits per heavy atom. The molecule has 3 N–H and O–H groups in total. The molecule has 0 aliphatic heterocycles. The quantitative estimate of drug-likeness (QED) is 0.328. The van der Waals surface area contributed by atoms with E-state index in [1.807, 2.05) is 18.2 Å². The van der Waals surface area contributed by atoms with Crippen LogP contribution in [0.5, 0.6) is 5.75 Å². The number of nitrogens with one attached hydrogen (secondary N) is 1. The summed E-state index contributed by atoms with van der Waals surface area (Å²) in [6, 6.07) is 8.08. The van der Waals surface area contributed by atoms with Crippen LogP contribution in [-0.2, 0) is 11.2 Å². The van der Waals surface area contributed by atoms with Crippen molar-refractivity contribution in [3.63, 3.8) is 0 Å². The number of aryl methyl sites for hydroxylation is 1. The molecule has 1 aromatic rings. The third-order valence-electron chi connectivity index (χ3n) is 2.53. The summed E-state index contributed by atoms with van der Waals surface area (Å²) in [5.74, 6) is 5.75. The zero-order chi connectivity index (χ0) is 12.5. The van der Waals surface area contributed by atoms with Crippen molar-refractivity contribution in [3.8, 4) is 5.75 Å². The number of benzene rings is 1. The molecule has 1 rings (SSSR count). The fourth-order valence-corrected chi connectivity index (χ4v) is 1.50. The number of hydrogen-bond acceptors (Lipinski definition) is 3. The highest BCUT2D eigenvalue weighted by atomic mass is 16.5. The fraction of sp³-hybridized carbons (Fsp3) is 0.462. The number of hydrogen-bond donors (Lipinski definition) is 2. The van der Waals surface area contributed by atoms with Gasteiger partial charge in [-0.05, 0) is 37.0 Å². The lowest BCUT2D eigenvalue weighted by atomic mass is 10.2. The first-order chi connectivity index (χ1) is 8.26. The van der Waals surface area contributed by atoms with Crippen LogP contribution in [0, 0.1) is 0 Å². The molecule has 1 amide bonds. The number of carbonyl (C=O) groups is 1. The first-order valence-electron chi connectivity index (χ1n) is 5.97. The minimum atomic E-state index is -0.127. The van der Waals surface area contributed by atoms with E-state index in [4.69, 9.17) is 10.6 Å². The number of hydrazine groups is 1. The monoisotopic (exact) mass is 236 g/mol. The van der Waals surface area contributed by atoms with Gasteiger partial charge in [0.1, 0.15) is 5.75 Å². The van der Waals surface area contributed by atoms with E-state index in [1.54, 1.807) is 0 Å². The number of ether oxygens (including phenoxy) is 1. The van der Waals surface area contributed by atoms with Crippen molar-refractivity contribution in [2.75, 3.05) is 6.61 Å². The maximum absolute atomic E-state index is 10.9. The number of amides is 1. The lowest BCUT2D eigenvalue weighted by Gasteiger charge is -2.07. The normalized spacial score (nSPS) is 10.0. The molecule has 17 heavy (non-hydrogen) atoms. The molecule has 0 bridgehead atoms. The second-order valence-electron chi connectivity index (χ2n) is 3.87. The predicted molar refractivity (Wildman–Crippen MR) is 67.5 cm³/mol. The zero-order valence-corrected chi connectivity index (χ0v) is 10.2. The molecule has 0 spiro atoms. The standard InChI is InChI=1S/C13H20N2O2/c1-2-11-6-5-7-12(10-11)17-9-4-3-8-13(16)15-14/h5-7,10H,2-4,8-9,14H2,1H3,(H,15,16). The van der Waals surface area contributed by atoms with Gasteiger partial charge in [0.2, 0.25) is 5.91 Å². The van der Waals surface area contributed by atoms with Crippen molar-refractivity contribution < 1.29 is 9.53 Å². The first-order valence-corrected chi connectivity index (χ1v) is 5.97. The van der Waals surface area contributed by atoms with Crippen LogP contribution in [0.2, 0.25) is 0 Å². The molecule has 0 aliphatic carbocycles. The van der Waals surface area contributed by atoms with Crippen LogP contribution in [0.1, 0.15) is 31.7 Å². The van der Waals surface area contributed by atoms with E-state index in [1.165, 1.54) is 5.56 Å². The van der Waals surface area contributed by atoms with Crippen LogP contribution < -0.4 is 16.0 Å². The summed E-state index contributed by atoms with van der Waals surface area (Å²) in [6.07, 6.45) is 3.10. The van der Waals surface area contributed by atoms with Crippen molar-refractivity contribution in [2.24, 2.45) is 5.84 Å². The third kappa shape index (κ3) is 5.36. The Hall–Kier alpha value is -1.55. The van der Waals surface area contributed by atoms with E-state index in [2.05, 4.69) is 18.4 Å². The molecule has 0 radical (unpaired) electrons. The average Bonchev–Trinajstić information content (AvgIpc) is 2.38. The van der Waals surface area contributed by atoms with Gasteiger partial charge in [0.05, 0.1) is 6.61 Å². The van der Waals surface area contributed by atoms with Crippen molar-refractivity contribution in [1.29, 1.82) is 0 Å². The number of carbonyl (C=O) groups excluding carboxylic acids is 1. The van der Waals surface area contributed by atoms with Gasteiger partial charge >= 0.3 is 0 Å². The van der Waals surface area contributed by atoms with Gasteiger partial charge in [0, 0.05) is 6.42 Å². The smallest absolute Gasteiger partial charge is 0.233 e. The molecule has 0 fully saturated rings. The summed E-state index contributed by atoms with van der Waals surface area (Å²) in [5, 5.41) is 0. The third-order valence-corrected chi connectivity index (χ3v) is 2.53. The van der Waals surface area contributed by atoms with Crippen molar-refractivity contribution in [2.45, 2.75) is 32.6 Å². The molecule has 0 aromatic heterocycles. The van der Waals surface area contributed by atoms with Gasteiger partial charge in [-0.15, -0.1) is 0 Å². The van der Waals surface area contributed by atoms with Crippen LogP contribution in [0.3, 0.4) is 0 Å². The highest BCUT2D eigenvalue weighted by molar-refractivity contribution is 5.75. The van der Waals surface area contributed by atoms with Gasteiger partial charge in [-0.1, -0.05) is 19.1 Å². The van der Waals surface area contributed by atoms with Gasteiger partial charge in [0.15, 0.2) is 0 Å². The molecule has 0 saturated carbocycles. The lowest BCUT2D eigenvalue weighted by Crippen LogP contribution is -2.29. The number of unbranched alkanes of at least 4 members (excludes halogenated alkanes) is 1. The van der Waals surface area contributed by atoms with E-state index in [0.29, 0.717) is 13.0 Å². The molecule has 1 aromatic carbocycles. The predicted octanol–water partition coefficient (Wildman–Crippen LogP) is 1.79. The van der Waals surface area contributed by atoms with Crippen molar-refractivity contribution in [3.05, 3.63) is 29.8 Å². The van der Waals surface area contributed by atoms with Gasteiger partial charge in [0.25, 0.3) is 0 Å². The molecule has 0 saturated heterocycles. The van der Waals surface area contributed by atoms with E-state index < -0.39 is 0 Å². The second kappa shape index (κ2) is 7.68. The Kier molecular flexibility index (Phi) is 6.10. The maximum atomic E-state index is 10.9. The van der Waals surface area contributed by atoms with Gasteiger partial charge in [-0.25, -0.2) is 5.84 Å². The molecule has 4 heteroatoms. The van der Waals surface area contributed by atoms with E-state index in [9.17, 15) is 4.79 Å². The minimum Gasteiger partial charge on any atom is -0.494 e. The molecular formula is C13H20N2O2. The Balaban J connectivity index is 2.19. The molecule has 4 nitrogen and oxygen atoms in total. The van der Waals surface area contributed by atoms with E-state index in [-0.39, 0.29) is 5.91 Å². The summed E-state index contributed by atoms with van der Waals surface area (Å²) < 4.78 is 5.60. The second-order valence-corrected chi connectivity index (χ2v) is 3.87. The Morgan fingerprint density at radius 1 is 1.41 bits per heavy atom. The van der Waals surface area contributed by atoms with Crippen LogP contribution in [0.25, 0.3) is 0 Å². The van der Waals surface area contributed by atoms with Crippen LogP contribution in [0.4, 0.5) is 0 Å². The minimum absolute atomic E-state index is 0.127. The molecule has 0 aliphatic rings. The van der Waals surface area contributed by atoms with Gasteiger partial charge in [-0.3, -0.25) is 10.2 Å². The van der Waals surface area contributed by atoms with Crippen molar-refractivity contribution >= 4 is 5.91 Å². The maximum Gasteiger partial charge on any atom is 0.233 e. The molecule has 0 heterocycles. The molecule has 0 unspecified atom stereocenters. The summed E-state index contributed by atoms with van der Waals surface area (Å²) in [7, 11) is 0. The Morgan fingerprint density at radius 3 is 2.94 bits per heavy atom. The highest BCUT2D eigenvalue weighted by Gasteiger charge is 1.99. The van der Waals surface area contributed by atoms with E-state index >= 15 is 0 Å². The largest absolute Gasteiger partial charge is 0.494 e. The summed E-state index contributed by atoms with van der Waals surface area (Å²) in [4.78, 5) is 10.9. The zero-order valence-electron chi connectivity index (χ0n) is 10.2. The summed E-state index contributed by atoms with van der Waals surface area (Å²) in [6.45, 7) is 2.75. The molecular weight excluding hydrogens is 216 g/mol.